The molecule has 23 heavy (non-hydrogen) atoms. The van der Waals surface area contributed by atoms with Gasteiger partial charge < -0.3 is 19.9 Å². The lowest BCUT2D eigenvalue weighted by Gasteiger charge is -2.27. The van der Waals surface area contributed by atoms with Crippen molar-refractivity contribution in [2.75, 3.05) is 51.8 Å². The van der Waals surface area contributed by atoms with Crippen molar-refractivity contribution in [1.82, 2.24) is 4.90 Å². The van der Waals surface area contributed by atoms with Crippen molar-refractivity contribution in [3.8, 4) is 0 Å². The van der Waals surface area contributed by atoms with Gasteiger partial charge in [0.15, 0.2) is 13.1 Å². The maximum absolute atomic E-state index is 12.1. The topological polar surface area (TPSA) is 63.1 Å². The average Bonchev–Trinajstić information content (AvgIpc) is 2.51. The minimum atomic E-state index is -0.185. The van der Waals surface area contributed by atoms with Crippen molar-refractivity contribution < 1.29 is 19.2 Å². The molecule has 1 aliphatic heterocycles. The zero-order valence-corrected chi connectivity index (χ0v) is 14.4. The van der Waals surface area contributed by atoms with Crippen LogP contribution in [-0.4, -0.2) is 63.2 Å². The minimum Gasteiger partial charge on any atom is -0.378 e. The standard InChI is InChI=1S/C15H19Cl2N3O3/c1-19(10-15(22)20-4-6-23-7-5-20)9-14(21)18-11-2-3-12(16)13(17)8-11/h2-3,8H,4-7,9-10H2,1H3,(H,18,21)/p+1. The number of quaternary nitrogens is 1. The molecule has 1 aliphatic rings. The highest BCUT2D eigenvalue weighted by atomic mass is 35.5. The molecular weight excluding hydrogens is 341 g/mol. The molecule has 2 rings (SSSR count). The number of hydrogen-bond donors (Lipinski definition) is 2. The summed E-state index contributed by atoms with van der Waals surface area (Å²) in [5.74, 6) is -0.149. The molecule has 0 saturated carbocycles. The van der Waals surface area contributed by atoms with E-state index in [1.54, 1.807) is 23.1 Å². The summed E-state index contributed by atoms with van der Waals surface area (Å²) < 4.78 is 5.22. The number of carbonyl (C=O) groups is 2. The summed E-state index contributed by atoms with van der Waals surface area (Å²) in [5, 5.41) is 3.56. The Hall–Kier alpha value is -1.34. The van der Waals surface area contributed by atoms with Crippen molar-refractivity contribution in [2.24, 2.45) is 0 Å². The smallest absolute Gasteiger partial charge is 0.279 e. The lowest BCUT2D eigenvalue weighted by Crippen LogP contribution is -3.11. The lowest BCUT2D eigenvalue weighted by atomic mass is 10.3. The summed E-state index contributed by atoms with van der Waals surface area (Å²) in [4.78, 5) is 26.7. The molecule has 1 atom stereocenters. The minimum absolute atomic E-state index is 0.0353. The van der Waals surface area contributed by atoms with Crippen molar-refractivity contribution in [3.63, 3.8) is 0 Å². The molecule has 8 heteroatoms. The number of hydrogen-bond acceptors (Lipinski definition) is 3. The van der Waals surface area contributed by atoms with Gasteiger partial charge in [-0.2, -0.15) is 0 Å². The number of likely N-dealkylation sites (N-methyl/N-ethyl adjacent to an activating group) is 1. The maximum atomic E-state index is 12.1. The van der Waals surface area contributed by atoms with Crippen LogP contribution >= 0.6 is 23.2 Å². The molecule has 0 aliphatic carbocycles. The summed E-state index contributed by atoms with van der Waals surface area (Å²) >= 11 is 11.7. The molecule has 126 valence electrons. The Labute approximate surface area is 145 Å². The third-order valence-corrected chi connectivity index (χ3v) is 4.22. The number of nitrogens with one attached hydrogen (secondary N) is 2. The molecule has 0 bridgehead atoms. The molecule has 1 heterocycles. The molecule has 0 spiro atoms. The van der Waals surface area contributed by atoms with Gasteiger partial charge in [0.1, 0.15) is 0 Å². The first-order valence-electron chi connectivity index (χ1n) is 7.37. The van der Waals surface area contributed by atoms with Gasteiger partial charge >= 0.3 is 0 Å². The Morgan fingerprint density at radius 3 is 2.57 bits per heavy atom. The van der Waals surface area contributed by atoms with Crippen LogP contribution in [0.5, 0.6) is 0 Å². The van der Waals surface area contributed by atoms with E-state index in [9.17, 15) is 9.59 Å². The summed E-state index contributed by atoms with van der Waals surface area (Å²) in [7, 11) is 1.81. The van der Waals surface area contributed by atoms with Gasteiger partial charge in [0.2, 0.25) is 0 Å². The molecule has 1 aromatic carbocycles. The quantitative estimate of drug-likeness (QED) is 0.794. The summed E-state index contributed by atoms with van der Waals surface area (Å²) in [5.41, 5.74) is 0.580. The zero-order chi connectivity index (χ0) is 16.8. The van der Waals surface area contributed by atoms with Crippen LogP contribution in [0, 0.1) is 0 Å². The van der Waals surface area contributed by atoms with Crippen LogP contribution < -0.4 is 10.2 Å². The Morgan fingerprint density at radius 1 is 1.22 bits per heavy atom. The molecule has 2 N–H and O–H groups in total. The SMILES string of the molecule is C[NH+](CC(=O)Nc1ccc(Cl)c(Cl)c1)CC(=O)N1CCOCC1. The van der Waals surface area contributed by atoms with Crippen LogP contribution in [0.25, 0.3) is 0 Å². The molecule has 0 aromatic heterocycles. The molecule has 1 aromatic rings. The number of benzene rings is 1. The molecule has 1 saturated heterocycles. The molecule has 1 unspecified atom stereocenters. The van der Waals surface area contributed by atoms with Gasteiger partial charge in [-0.15, -0.1) is 0 Å². The van der Waals surface area contributed by atoms with Crippen LogP contribution in [0.2, 0.25) is 10.0 Å². The van der Waals surface area contributed by atoms with Gasteiger partial charge in [0.05, 0.1) is 30.3 Å². The van der Waals surface area contributed by atoms with Gasteiger partial charge in [-0.05, 0) is 18.2 Å². The van der Waals surface area contributed by atoms with E-state index in [0.29, 0.717) is 42.0 Å². The number of nitrogens with zero attached hydrogens (tertiary/aromatic N) is 1. The molecule has 2 amide bonds. The van der Waals surface area contributed by atoms with E-state index in [0.717, 1.165) is 4.90 Å². The van der Waals surface area contributed by atoms with Crippen LogP contribution in [0.1, 0.15) is 0 Å². The van der Waals surface area contributed by atoms with Crippen LogP contribution in [0.4, 0.5) is 5.69 Å². The van der Waals surface area contributed by atoms with Gasteiger partial charge in [-0.1, -0.05) is 23.2 Å². The predicted octanol–water partition coefficient (Wildman–Crippen LogP) is 0.305. The highest BCUT2D eigenvalue weighted by molar-refractivity contribution is 6.42. The first-order valence-corrected chi connectivity index (χ1v) is 8.13. The summed E-state index contributed by atoms with van der Waals surface area (Å²) in [6, 6.07) is 4.90. The van der Waals surface area contributed by atoms with Crippen LogP contribution in [-0.2, 0) is 14.3 Å². The van der Waals surface area contributed by atoms with E-state index in [1.807, 2.05) is 7.05 Å². The second kappa shape index (κ2) is 8.49. The van der Waals surface area contributed by atoms with Gasteiger partial charge in [-0.25, -0.2) is 0 Å². The van der Waals surface area contributed by atoms with Crippen molar-refractivity contribution in [3.05, 3.63) is 28.2 Å². The highest BCUT2D eigenvalue weighted by Crippen LogP contribution is 2.24. The van der Waals surface area contributed by atoms with Crippen LogP contribution in [0.15, 0.2) is 18.2 Å². The Balaban J connectivity index is 1.79. The fraction of sp³-hybridized carbons (Fsp3) is 0.467. The first kappa shape index (κ1) is 18.0. The average molecular weight is 361 g/mol. The number of rotatable bonds is 5. The van der Waals surface area contributed by atoms with Gasteiger partial charge in [0, 0.05) is 18.8 Å². The Morgan fingerprint density at radius 2 is 1.91 bits per heavy atom. The number of ether oxygens (including phenoxy) is 1. The van der Waals surface area contributed by atoms with Crippen molar-refractivity contribution >= 4 is 40.7 Å². The molecule has 1 fully saturated rings. The molecular formula is C15H20Cl2N3O3+. The second-order valence-corrected chi connectivity index (χ2v) is 6.30. The van der Waals surface area contributed by atoms with E-state index in [4.69, 9.17) is 27.9 Å². The largest absolute Gasteiger partial charge is 0.378 e. The number of carbonyl (C=O) groups excluding carboxylic acids is 2. The van der Waals surface area contributed by atoms with Gasteiger partial charge in [-0.3, -0.25) is 9.59 Å². The number of amides is 2. The van der Waals surface area contributed by atoms with Crippen molar-refractivity contribution in [1.29, 1.82) is 0 Å². The monoisotopic (exact) mass is 360 g/mol. The Kier molecular flexibility index (Phi) is 6.65. The summed E-state index contributed by atoms with van der Waals surface area (Å²) in [6.45, 7) is 2.83. The van der Waals surface area contributed by atoms with E-state index < -0.39 is 0 Å². The number of anilines is 1. The van der Waals surface area contributed by atoms with Crippen molar-refractivity contribution in [2.45, 2.75) is 0 Å². The normalized spacial score (nSPS) is 16.0. The predicted molar refractivity (Wildman–Crippen MR) is 89.1 cm³/mol. The van der Waals surface area contributed by atoms with E-state index in [-0.39, 0.29) is 24.9 Å². The summed E-state index contributed by atoms with van der Waals surface area (Å²) in [6.07, 6.45) is 0. The fourth-order valence-electron chi connectivity index (χ4n) is 2.30. The highest BCUT2D eigenvalue weighted by Gasteiger charge is 2.21. The second-order valence-electron chi connectivity index (χ2n) is 5.48. The van der Waals surface area contributed by atoms with Crippen LogP contribution in [0.3, 0.4) is 0 Å². The first-order chi connectivity index (χ1) is 11.0. The van der Waals surface area contributed by atoms with Gasteiger partial charge in [0.25, 0.3) is 11.8 Å². The maximum Gasteiger partial charge on any atom is 0.279 e. The Bertz CT molecular complexity index is 577. The number of morpholine rings is 1. The third kappa shape index (κ3) is 5.66. The lowest BCUT2D eigenvalue weighted by molar-refractivity contribution is -0.862. The third-order valence-electron chi connectivity index (χ3n) is 3.48. The molecule has 0 radical (unpaired) electrons. The molecule has 6 nitrogen and oxygen atoms in total. The fourth-order valence-corrected chi connectivity index (χ4v) is 2.60. The van der Waals surface area contributed by atoms with E-state index >= 15 is 0 Å². The zero-order valence-electron chi connectivity index (χ0n) is 12.9. The number of halogens is 2. The van der Waals surface area contributed by atoms with E-state index in [2.05, 4.69) is 5.32 Å². The van der Waals surface area contributed by atoms with E-state index in [1.165, 1.54) is 0 Å².